The zero-order valence-electron chi connectivity index (χ0n) is 11.4. The van der Waals surface area contributed by atoms with Gasteiger partial charge in [-0.3, -0.25) is 0 Å². The molecule has 108 valence electrons. The van der Waals surface area contributed by atoms with Crippen molar-refractivity contribution in [2.45, 2.75) is 6.23 Å². The molecule has 1 aromatic rings. The van der Waals surface area contributed by atoms with Crippen LogP contribution in [0.25, 0.3) is 5.57 Å². The molecule has 0 fully saturated rings. The number of nitrogens with zero attached hydrogens (tertiary/aromatic N) is 2. The number of aliphatic hydroxyl groups is 1. The molecule has 1 N–H and O–H groups in total. The molecule has 0 aromatic heterocycles. The first kappa shape index (κ1) is 14.6. The molecule has 0 saturated carbocycles. The quantitative estimate of drug-likeness (QED) is 0.471. The molecular formula is C14H12N2O5. The summed E-state index contributed by atoms with van der Waals surface area (Å²) < 4.78 is 9.15. The molecule has 0 radical (unpaired) electrons. The number of hydrogen-bond acceptors (Lipinski definition) is 6. The first-order valence-corrected chi connectivity index (χ1v) is 5.94. The number of methoxy groups -OCH3 is 2. The van der Waals surface area contributed by atoms with E-state index in [9.17, 15) is 14.7 Å². The summed E-state index contributed by atoms with van der Waals surface area (Å²) in [5.41, 5.74) is 0.412. The molecule has 1 amide bonds. The fraction of sp³-hybridized carbons (Fsp3) is 0.214. The Labute approximate surface area is 120 Å². The van der Waals surface area contributed by atoms with E-state index in [2.05, 4.69) is 9.47 Å². The van der Waals surface area contributed by atoms with Crippen LogP contribution >= 0.6 is 0 Å². The van der Waals surface area contributed by atoms with Gasteiger partial charge in [0.1, 0.15) is 11.6 Å². The van der Waals surface area contributed by atoms with Gasteiger partial charge in [0.05, 0.1) is 19.9 Å². The van der Waals surface area contributed by atoms with Crippen LogP contribution in [-0.2, 0) is 14.3 Å². The third-order valence-corrected chi connectivity index (χ3v) is 3.10. The molecule has 0 aliphatic carbocycles. The lowest BCUT2D eigenvalue weighted by atomic mass is 10.0. The number of ether oxygens (including phenoxy) is 2. The molecule has 1 aromatic carbocycles. The molecule has 1 aliphatic heterocycles. The van der Waals surface area contributed by atoms with E-state index in [1.54, 1.807) is 30.3 Å². The average Bonchev–Trinajstić information content (AvgIpc) is 2.80. The van der Waals surface area contributed by atoms with E-state index < -0.39 is 18.3 Å². The van der Waals surface area contributed by atoms with Crippen LogP contribution in [0.15, 0.2) is 29.8 Å². The summed E-state index contributed by atoms with van der Waals surface area (Å²) >= 11 is 0. The summed E-state index contributed by atoms with van der Waals surface area (Å²) in [6, 6.07) is 8.21. The minimum Gasteiger partial charge on any atom is -0.465 e. The molecule has 7 heteroatoms. The smallest absolute Gasteiger partial charge is 0.416 e. The zero-order chi connectivity index (χ0) is 15.6. The lowest BCUT2D eigenvalue weighted by Gasteiger charge is -2.20. The second kappa shape index (κ2) is 5.64. The summed E-state index contributed by atoms with van der Waals surface area (Å²) in [5.74, 6) is -0.881. The summed E-state index contributed by atoms with van der Waals surface area (Å²) in [6.45, 7) is 0. The van der Waals surface area contributed by atoms with Gasteiger partial charge in [-0.2, -0.15) is 5.26 Å². The van der Waals surface area contributed by atoms with Gasteiger partial charge < -0.3 is 14.6 Å². The largest absolute Gasteiger partial charge is 0.465 e. The third-order valence-electron chi connectivity index (χ3n) is 3.10. The molecule has 0 saturated heterocycles. The van der Waals surface area contributed by atoms with Crippen molar-refractivity contribution < 1.29 is 24.2 Å². The van der Waals surface area contributed by atoms with Gasteiger partial charge in [-0.05, 0) is 6.07 Å². The van der Waals surface area contributed by atoms with Crippen molar-refractivity contribution in [2.75, 3.05) is 19.1 Å². The highest BCUT2D eigenvalue weighted by molar-refractivity contribution is 6.09. The lowest BCUT2D eigenvalue weighted by Crippen LogP contribution is -2.37. The summed E-state index contributed by atoms with van der Waals surface area (Å²) in [6.07, 6.45) is -2.30. The summed E-state index contributed by atoms with van der Waals surface area (Å²) in [7, 11) is 2.30. The zero-order valence-corrected chi connectivity index (χ0v) is 11.4. The molecule has 21 heavy (non-hydrogen) atoms. The molecular weight excluding hydrogens is 276 g/mol. The predicted octanol–water partition coefficient (Wildman–Crippen LogP) is 1.04. The van der Waals surface area contributed by atoms with E-state index in [-0.39, 0.29) is 11.1 Å². The Morgan fingerprint density at radius 2 is 1.95 bits per heavy atom. The number of nitriles is 1. The highest BCUT2D eigenvalue weighted by atomic mass is 16.5. The van der Waals surface area contributed by atoms with Crippen LogP contribution in [0.4, 0.5) is 10.5 Å². The number of amides is 1. The Bertz CT molecular complexity index is 674. The van der Waals surface area contributed by atoms with Crippen molar-refractivity contribution in [2.24, 2.45) is 0 Å². The predicted molar refractivity (Wildman–Crippen MR) is 71.9 cm³/mol. The van der Waals surface area contributed by atoms with Crippen LogP contribution in [0, 0.1) is 11.3 Å². The molecule has 1 atom stereocenters. The van der Waals surface area contributed by atoms with E-state index in [1.165, 1.54) is 7.11 Å². The summed E-state index contributed by atoms with van der Waals surface area (Å²) in [5, 5.41) is 19.5. The highest BCUT2D eigenvalue weighted by Gasteiger charge is 2.40. The van der Waals surface area contributed by atoms with Crippen molar-refractivity contribution in [3.8, 4) is 6.07 Å². The number of hydrogen-bond donors (Lipinski definition) is 1. The Kier molecular flexibility index (Phi) is 3.91. The van der Waals surface area contributed by atoms with Crippen LogP contribution in [0.5, 0.6) is 0 Å². The summed E-state index contributed by atoms with van der Waals surface area (Å²) in [4.78, 5) is 24.5. The first-order chi connectivity index (χ1) is 10.1. The van der Waals surface area contributed by atoms with Crippen molar-refractivity contribution in [3.05, 3.63) is 35.4 Å². The van der Waals surface area contributed by atoms with E-state index in [0.29, 0.717) is 11.3 Å². The van der Waals surface area contributed by atoms with E-state index >= 15 is 0 Å². The van der Waals surface area contributed by atoms with Gasteiger partial charge in [-0.25, -0.2) is 14.5 Å². The number of anilines is 1. The van der Waals surface area contributed by atoms with Crippen molar-refractivity contribution in [1.82, 2.24) is 0 Å². The fourth-order valence-corrected chi connectivity index (χ4v) is 2.19. The Morgan fingerprint density at radius 1 is 1.29 bits per heavy atom. The van der Waals surface area contributed by atoms with Gasteiger partial charge >= 0.3 is 12.1 Å². The molecule has 7 nitrogen and oxygen atoms in total. The van der Waals surface area contributed by atoms with Gasteiger partial charge in [-0.15, -0.1) is 0 Å². The number of carbonyl (C=O) groups is 2. The average molecular weight is 288 g/mol. The Balaban J connectivity index is 2.71. The molecule has 1 unspecified atom stereocenters. The maximum atomic E-state index is 11.8. The monoisotopic (exact) mass is 288 g/mol. The molecule has 2 rings (SSSR count). The molecule has 1 heterocycles. The van der Waals surface area contributed by atoms with Gasteiger partial charge in [0.15, 0.2) is 6.23 Å². The Hall–Kier alpha value is -2.85. The van der Waals surface area contributed by atoms with Crippen molar-refractivity contribution in [3.63, 3.8) is 0 Å². The van der Waals surface area contributed by atoms with Crippen molar-refractivity contribution >= 4 is 23.3 Å². The number of esters is 1. The maximum absolute atomic E-state index is 11.8. The maximum Gasteiger partial charge on any atom is 0.416 e. The van der Waals surface area contributed by atoms with Crippen LogP contribution in [0.2, 0.25) is 0 Å². The number of carbonyl (C=O) groups excluding carboxylic acids is 2. The van der Waals surface area contributed by atoms with E-state index in [1.807, 2.05) is 0 Å². The van der Waals surface area contributed by atoms with E-state index in [0.717, 1.165) is 12.0 Å². The van der Waals surface area contributed by atoms with Crippen LogP contribution in [0.3, 0.4) is 0 Å². The number of para-hydroxylation sites is 1. The second-order valence-electron chi connectivity index (χ2n) is 4.12. The second-order valence-corrected chi connectivity index (χ2v) is 4.12. The molecule has 1 aliphatic rings. The Morgan fingerprint density at radius 3 is 2.52 bits per heavy atom. The number of benzene rings is 1. The van der Waals surface area contributed by atoms with Crippen LogP contribution in [0.1, 0.15) is 5.56 Å². The van der Waals surface area contributed by atoms with E-state index in [4.69, 9.17) is 5.26 Å². The van der Waals surface area contributed by atoms with Crippen molar-refractivity contribution in [1.29, 1.82) is 5.26 Å². The first-order valence-electron chi connectivity index (χ1n) is 5.94. The SMILES string of the molecule is COC(=O)/C(C#N)=C1\c2ccccc2N(C(=O)OC)C1O. The van der Waals surface area contributed by atoms with Crippen LogP contribution < -0.4 is 4.90 Å². The lowest BCUT2D eigenvalue weighted by molar-refractivity contribution is -0.135. The molecule has 0 spiro atoms. The van der Waals surface area contributed by atoms with Gasteiger partial charge in [0, 0.05) is 11.1 Å². The van der Waals surface area contributed by atoms with Gasteiger partial charge in [0.2, 0.25) is 0 Å². The fourth-order valence-electron chi connectivity index (χ4n) is 2.19. The topological polar surface area (TPSA) is 99.9 Å². The minimum atomic E-state index is -1.50. The number of fused-ring (bicyclic) bond motifs is 1. The van der Waals surface area contributed by atoms with Gasteiger partial charge in [0.25, 0.3) is 0 Å². The minimum absolute atomic E-state index is 0.0188. The van der Waals surface area contributed by atoms with Crippen LogP contribution in [-0.4, -0.2) is 37.6 Å². The number of aliphatic hydroxyl groups excluding tert-OH is 1. The number of rotatable bonds is 1. The standard InChI is InChI=1S/C14H12N2O5/c1-20-13(18)9(7-15)11-8-5-3-4-6-10(8)16(12(11)17)14(19)21-2/h3-6,12,17H,1-2H3/b11-9+. The van der Waals surface area contributed by atoms with Gasteiger partial charge in [-0.1, -0.05) is 18.2 Å². The third kappa shape index (κ3) is 2.22. The highest BCUT2D eigenvalue weighted by Crippen LogP contribution is 2.41. The molecule has 0 bridgehead atoms. The normalized spacial score (nSPS) is 18.6.